The van der Waals surface area contributed by atoms with Gasteiger partial charge < -0.3 is 16.0 Å². The maximum atomic E-state index is 11.9. The van der Waals surface area contributed by atoms with Crippen LogP contribution >= 0.6 is 11.6 Å². The smallest absolute Gasteiger partial charge is 0.224 e. The van der Waals surface area contributed by atoms with Crippen molar-refractivity contribution in [2.24, 2.45) is 0 Å². The number of hydrogen-bond donors (Lipinski definition) is 3. The van der Waals surface area contributed by atoms with Crippen LogP contribution in [0.4, 0.5) is 11.8 Å². The van der Waals surface area contributed by atoms with Gasteiger partial charge in [0.05, 0.1) is 0 Å². The maximum Gasteiger partial charge on any atom is 0.224 e. The summed E-state index contributed by atoms with van der Waals surface area (Å²) >= 11 is 5.94. The molecule has 134 valence electrons. The highest BCUT2D eigenvalue weighted by atomic mass is 35.5. The fourth-order valence-corrected chi connectivity index (χ4v) is 2.54. The summed E-state index contributed by atoms with van der Waals surface area (Å²) in [7, 11) is 0. The molecule has 0 aliphatic carbocycles. The molecule has 0 atom stereocenters. The predicted molar refractivity (Wildman–Crippen MR) is 102 cm³/mol. The van der Waals surface area contributed by atoms with Gasteiger partial charge in [-0.2, -0.15) is 4.98 Å². The molecule has 0 fully saturated rings. The molecule has 0 spiro atoms. The third-order valence-corrected chi connectivity index (χ3v) is 3.71. The van der Waals surface area contributed by atoms with Crippen LogP contribution in [0.5, 0.6) is 0 Å². The predicted octanol–water partition coefficient (Wildman–Crippen LogP) is 3.03. The molecule has 1 aromatic carbocycles. The van der Waals surface area contributed by atoms with Crippen LogP contribution in [0.25, 0.3) is 0 Å². The number of hydrogen-bond acceptors (Lipinski definition) is 5. The molecule has 7 heteroatoms. The fourth-order valence-electron chi connectivity index (χ4n) is 2.33. The summed E-state index contributed by atoms with van der Waals surface area (Å²) in [6.07, 6.45) is 1.12. The lowest BCUT2D eigenvalue weighted by atomic mass is 10.1. The topological polar surface area (TPSA) is 78.9 Å². The first-order valence-corrected chi connectivity index (χ1v) is 8.79. The van der Waals surface area contributed by atoms with Crippen molar-refractivity contribution >= 4 is 29.3 Å². The molecule has 0 bridgehead atoms. The zero-order valence-corrected chi connectivity index (χ0v) is 15.4. The Labute approximate surface area is 153 Å². The van der Waals surface area contributed by atoms with Crippen LogP contribution < -0.4 is 16.0 Å². The number of benzene rings is 1. The SMILES string of the molecule is CCNc1nc(C)cc(NCCNC(=O)CCc2cccc(Cl)c2)n1. The van der Waals surface area contributed by atoms with Crippen molar-refractivity contribution in [1.29, 1.82) is 0 Å². The van der Waals surface area contributed by atoms with Crippen LogP contribution in [0.1, 0.15) is 24.6 Å². The van der Waals surface area contributed by atoms with E-state index in [2.05, 4.69) is 25.9 Å². The Hall–Kier alpha value is -2.34. The van der Waals surface area contributed by atoms with Gasteiger partial charge in [-0.05, 0) is 38.0 Å². The molecule has 0 saturated heterocycles. The molecule has 1 heterocycles. The molecule has 6 nitrogen and oxygen atoms in total. The van der Waals surface area contributed by atoms with Gasteiger partial charge in [0.25, 0.3) is 0 Å². The lowest BCUT2D eigenvalue weighted by Crippen LogP contribution is -2.29. The number of amides is 1. The van der Waals surface area contributed by atoms with E-state index in [1.165, 1.54) is 0 Å². The number of rotatable bonds is 9. The second-order valence-corrected chi connectivity index (χ2v) is 6.09. The van der Waals surface area contributed by atoms with Gasteiger partial charge in [0.2, 0.25) is 11.9 Å². The van der Waals surface area contributed by atoms with Gasteiger partial charge in [0.1, 0.15) is 5.82 Å². The highest BCUT2D eigenvalue weighted by molar-refractivity contribution is 6.30. The zero-order chi connectivity index (χ0) is 18.1. The van der Waals surface area contributed by atoms with Crippen molar-refractivity contribution in [1.82, 2.24) is 15.3 Å². The standard InChI is InChI=1S/C18H24ClN5O/c1-3-20-18-23-13(2)11-16(24-18)21-9-10-22-17(25)8-7-14-5-4-6-15(19)12-14/h4-6,11-12H,3,7-10H2,1-2H3,(H,22,25)(H2,20,21,23,24). The second-order valence-electron chi connectivity index (χ2n) is 5.66. The Morgan fingerprint density at radius 2 is 2.00 bits per heavy atom. The lowest BCUT2D eigenvalue weighted by molar-refractivity contribution is -0.120. The average Bonchev–Trinajstić information content (AvgIpc) is 2.57. The molecular formula is C18H24ClN5O. The Bertz CT molecular complexity index is 708. The van der Waals surface area contributed by atoms with Gasteiger partial charge in [-0.3, -0.25) is 4.79 Å². The largest absolute Gasteiger partial charge is 0.368 e. The van der Waals surface area contributed by atoms with Crippen LogP contribution in [-0.2, 0) is 11.2 Å². The van der Waals surface area contributed by atoms with E-state index in [0.29, 0.717) is 36.9 Å². The van der Waals surface area contributed by atoms with Crippen LogP contribution in [0.15, 0.2) is 30.3 Å². The van der Waals surface area contributed by atoms with Gasteiger partial charge >= 0.3 is 0 Å². The summed E-state index contributed by atoms with van der Waals surface area (Å²) in [6.45, 7) is 5.83. The van der Waals surface area contributed by atoms with E-state index in [1.807, 2.05) is 44.2 Å². The summed E-state index contributed by atoms with van der Waals surface area (Å²) in [6, 6.07) is 9.45. The first-order chi connectivity index (χ1) is 12.1. The molecule has 0 unspecified atom stereocenters. The van der Waals surface area contributed by atoms with Crippen LogP contribution in [0.2, 0.25) is 5.02 Å². The quantitative estimate of drug-likeness (QED) is 0.598. The first kappa shape index (κ1) is 19.0. The Morgan fingerprint density at radius 1 is 1.16 bits per heavy atom. The van der Waals surface area contributed by atoms with Crippen LogP contribution in [-0.4, -0.2) is 35.5 Å². The summed E-state index contributed by atoms with van der Waals surface area (Å²) in [5.74, 6) is 1.38. The first-order valence-electron chi connectivity index (χ1n) is 8.41. The molecule has 0 aliphatic heterocycles. The van der Waals surface area contributed by atoms with Gasteiger partial charge in [0.15, 0.2) is 0 Å². The molecule has 2 aromatic rings. The van der Waals surface area contributed by atoms with E-state index in [9.17, 15) is 4.79 Å². The number of nitrogens with zero attached hydrogens (tertiary/aromatic N) is 2. The highest BCUT2D eigenvalue weighted by Gasteiger charge is 2.04. The number of aromatic nitrogens is 2. The zero-order valence-electron chi connectivity index (χ0n) is 14.6. The van der Waals surface area contributed by atoms with E-state index in [4.69, 9.17) is 11.6 Å². The average molecular weight is 362 g/mol. The molecular weight excluding hydrogens is 338 g/mol. The molecule has 1 aromatic heterocycles. The van der Waals surface area contributed by atoms with Gasteiger partial charge in [0, 0.05) is 42.8 Å². The van der Waals surface area contributed by atoms with Crippen molar-refractivity contribution in [3.8, 4) is 0 Å². The molecule has 0 radical (unpaired) electrons. The van der Waals surface area contributed by atoms with Crippen LogP contribution in [0.3, 0.4) is 0 Å². The molecule has 0 saturated carbocycles. The van der Waals surface area contributed by atoms with Crippen molar-refractivity contribution in [2.45, 2.75) is 26.7 Å². The Balaban J connectivity index is 1.69. The summed E-state index contributed by atoms with van der Waals surface area (Å²) in [4.78, 5) is 20.6. The number of aryl methyl sites for hydroxylation is 2. The number of carbonyl (C=O) groups is 1. The molecule has 25 heavy (non-hydrogen) atoms. The minimum absolute atomic E-state index is 0.0222. The maximum absolute atomic E-state index is 11.9. The van der Waals surface area contributed by atoms with Crippen LogP contribution in [0, 0.1) is 6.92 Å². The van der Waals surface area contributed by atoms with E-state index >= 15 is 0 Å². The third-order valence-electron chi connectivity index (χ3n) is 3.47. The minimum Gasteiger partial charge on any atom is -0.368 e. The second kappa shape index (κ2) is 9.84. The monoisotopic (exact) mass is 361 g/mol. The lowest BCUT2D eigenvalue weighted by Gasteiger charge is -2.10. The third kappa shape index (κ3) is 6.97. The normalized spacial score (nSPS) is 10.4. The van der Waals surface area contributed by atoms with Crippen molar-refractivity contribution < 1.29 is 4.79 Å². The highest BCUT2D eigenvalue weighted by Crippen LogP contribution is 2.12. The number of carbonyl (C=O) groups excluding carboxylic acids is 1. The van der Waals surface area contributed by atoms with Gasteiger partial charge in [-0.25, -0.2) is 4.98 Å². The van der Waals surface area contributed by atoms with Crippen molar-refractivity contribution in [3.05, 3.63) is 46.6 Å². The fraction of sp³-hybridized carbons (Fsp3) is 0.389. The number of nitrogens with one attached hydrogen (secondary N) is 3. The Morgan fingerprint density at radius 3 is 2.76 bits per heavy atom. The number of anilines is 2. The van der Waals surface area contributed by atoms with E-state index in [-0.39, 0.29) is 5.91 Å². The van der Waals surface area contributed by atoms with Gasteiger partial charge in [-0.15, -0.1) is 0 Å². The Kier molecular flexibility index (Phi) is 7.47. The van der Waals surface area contributed by atoms with E-state index in [1.54, 1.807) is 0 Å². The summed E-state index contributed by atoms with van der Waals surface area (Å²) < 4.78 is 0. The van der Waals surface area contributed by atoms with E-state index < -0.39 is 0 Å². The minimum atomic E-state index is 0.0222. The van der Waals surface area contributed by atoms with E-state index in [0.717, 1.165) is 23.6 Å². The molecule has 2 rings (SSSR count). The van der Waals surface area contributed by atoms with Crippen molar-refractivity contribution in [2.75, 3.05) is 30.3 Å². The molecule has 3 N–H and O–H groups in total. The summed E-state index contributed by atoms with van der Waals surface area (Å²) in [5.41, 5.74) is 1.95. The molecule has 1 amide bonds. The summed E-state index contributed by atoms with van der Waals surface area (Å²) in [5, 5.41) is 9.88. The molecule has 0 aliphatic rings. The number of halogens is 1. The van der Waals surface area contributed by atoms with Crippen molar-refractivity contribution in [3.63, 3.8) is 0 Å². The van der Waals surface area contributed by atoms with Gasteiger partial charge in [-0.1, -0.05) is 23.7 Å².